The molecule has 2 aromatic rings. The number of carbonyl (C=O) groups is 2. The summed E-state index contributed by atoms with van der Waals surface area (Å²) in [6.45, 7) is 5.54. The number of nitrogens with zero attached hydrogens (tertiary/aromatic N) is 2. The number of hydrogen-bond acceptors (Lipinski definition) is 4. The van der Waals surface area contributed by atoms with Gasteiger partial charge in [-0.2, -0.15) is 5.10 Å². The van der Waals surface area contributed by atoms with Gasteiger partial charge in [-0.1, -0.05) is 0 Å². The third-order valence-corrected chi connectivity index (χ3v) is 5.41. The van der Waals surface area contributed by atoms with E-state index in [2.05, 4.69) is 26.3 Å². The Labute approximate surface area is 134 Å². The number of amides is 2. The number of nitrogens with two attached hydrogens (primary N) is 1. The Balaban J connectivity index is 2.38. The molecule has 0 bridgehead atoms. The summed E-state index contributed by atoms with van der Waals surface area (Å²) >= 11 is 4.68. The fourth-order valence-corrected chi connectivity index (χ4v) is 3.48. The number of carbonyl (C=O) groups excluding carboxylic acids is 2. The van der Waals surface area contributed by atoms with Gasteiger partial charge < -0.3 is 11.1 Å². The van der Waals surface area contributed by atoms with Crippen LogP contribution >= 0.6 is 27.3 Å². The lowest BCUT2D eigenvalue weighted by Gasteiger charge is -2.03. The van der Waals surface area contributed by atoms with Crippen molar-refractivity contribution in [1.29, 1.82) is 0 Å². The Hall–Kier alpha value is -1.67. The zero-order chi connectivity index (χ0) is 15.9. The number of rotatable bonds is 3. The normalized spacial score (nSPS) is 10.7. The molecule has 0 saturated heterocycles. The van der Waals surface area contributed by atoms with E-state index in [9.17, 15) is 9.59 Å². The highest BCUT2D eigenvalue weighted by Gasteiger charge is 2.22. The second-order valence-corrected chi connectivity index (χ2v) is 6.70. The molecule has 0 spiro atoms. The van der Waals surface area contributed by atoms with Gasteiger partial charge >= 0.3 is 0 Å². The molecule has 0 aromatic carbocycles. The number of hydrogen-bond donors (Lipinski definition) is 2. The topological polar surface area (TPSA) is 90.0 Å². The summed E-state index contributed by atoms with van der Waals surface area (Å²) in [5, 5.41) is 7.34. The molecule has 112 valence electrons. The summed E-state index contributed by atoms with van der Waals surface area (Å²) in [6, 6.07) is 0. The van der Waals surface area contributed by atoms with Crippen molar-refractivity contribution in [3.63, 3.8) is 0 Å². The van der Waals surface area contributed by atoms with Crippen molar-refractivity contribution in [2.24, 2.45) is 12.8 Å². The number of aromatic nitrogens is 2. The van der Waals surface area contributed by atoms with E-state index in [4.69, 9.17) is 5.73 Å². The summed E-state index contributed by atoms with van der Waals surface area (Å²) in [5.74, 6) is -0.933. The molecular weight excluding hydrogens is 356 g/mol. The number of aryl methyl sites for hydroxylation is 2. The lowest BCUT2D eigenvalue weighted by molar-refractivity contribution is 0.100. The van der Waals surface area contributed by atoms with E-state index in [1.54, 1.807) is 11.7 Å². The molecule has 2 heterocycles. The first-order valence-electron chi connectivity index (χ1n) is 6.14. The zero-order valence-electron chi connectivity index (χ0n) is 12.1. The third-order valence-electron chi connectivity index (χ3n) is 3.33. The van der Waals surface area contributed by atoms with Gasteiger partial charge in [-0.05, 0) is 42.3 Å². The van der Waals surface area contributed by atoms with Crippen molar-refractivity contribution >= 4 is 44.1 Å². The number of thiophene rings is 1. The predicted octanol–water partition coefficient (Wildman–Crippen LogP) is 2.52. The van der Waals surface area contributed by atoms with Gasteiger partial charge in [0, 0.05) is 11.9 Å². The molecule has 6 nitrogen and oxygen atoms in total. The lowest BCUT2D eigenvalue weighted by atomic mass is 10.1. The summed E-state index contributed by atoms with van der Waals surface area (Å²) in [7, 11) is 1.76. The van der Waals surface area contributed by atoms with Gasteiger partial charge in [0.15, 0.2) is 5.69 Å². The molecule has 8 heteroatoms. The highest BCUT2D eigenvalue weighted by atomic mass is 79.9. The minimum Gasteiger partial charge on any atom is -0.365 e. The molecule has 0 atom stereocenters. The van der Waals surface area contributed by atoms with Gasteiger partial charge in [0.2, 0.25) is 0 Å². The molecule has 0 unspecified atom stereocenters. The van der Waals surface area contributed by atoms with Crippen molar-refractivity contribution in [2.45, 2.75) is 20.8 Å². The number of anilines is 1. The molecule has 2 aromatic heterocycles. The SMILES string of the molecule is Cc1sc(NC(=O)c2nn(C)c(C)c2Br)c(C(N)=O)c1C. The molecule has 0 aliphatic carbocycles. The van der Waals surface area contributed by atoms with E-state index >= 15 is 0 Å². The minimum absolute atomic E-state index is 0.272. The monoisotopic (exact) mass is 370 g/mol. The van der Waals surface area contributed by atoms with E-state index in [-0.39, 0.29) is 11.6 Å². The maximum absolute atomic E-state index is 12.3. The molecule has 0 aliphatic rings. The smallest absolute Gasteiger partial charge is 0.277 e. The van der Waals surface area contributed by atoms with Gasteiger partial charge in [0.05, 0.1) is 15.7 Å². The second kappa shape index (κ2) is 5.61. The van der Waals surface area contributed by atoms with E-state index in [1.807, 2.05) is 20.8 Å². The Morgan fingerprint density at radius 1 is 1.33 bits per heavy atom. The zero-order valence-corrected chi connectivity index (χ0v) is 14.5. The summed E-state index contributed by atoms with van der Waals surface area (Å²) in [5.41, 5.74) is 7.65. The molecular formula is C13H15BrN4O2S. The highest BCUT2D eigenvalue weighted by Crippen LogP contribution is 2.32. The van der Waals surface area contributed by atoms with Crippen LogP contribution in [0.1, 0.15) is 37.0 Å². The Morgan fingerprint density at radius 2 is 1.95 bits per heavy atom. The number of halogens is 1. The maximum Gasteiger partial charge on any atom is 0.277 e. The minimum atomic E-state index is -0.552. The summed E-state index contributed by atoms with van der Waals surface area (Å²) in [6.07, 6.45) is 0. The predicted molar refractivity (Wildman–Crippen MR) is 85.9 cm³/mol. The van der Waals surface area contributed by atoms with Crippen LogP contribution in [0, 0.1) is 20.8 Å². The van der Waals surface area contributed by atoms with Gasteiger partial charge in [0.25, 0.3) is 11.8 Å². The van der Waals surface area contributed by atoms with Crippen LogP contribution in [0.5, 0.6) is 0 Å². The average Bonchev–Trinajstić information content (AvgIpc) is 2.81. The molecule has 3 N–H and O–H groups in total. The van der Waals surface area contributed by atoms with Crippen LogP contribution in [-0.2, 0) is 7.05 Å². The molecule has 0 radical (unpaired) electrons. The first-order chi connectivity index (χ1) is 9.73. The highest BCUT2D eigenvalue weighted by molar-refractivity contribution is 9.10. The van der Waals surface area contributed by atoms with Crippen molar-refractivity contribution in [3.8, 4) is 0 Å². The van der Waals surface area contributed by atoms with Crippen LogP contribution in [-0.4, -0.2) is 21.6 Å². The largest absolute Gasteiger partial charge is 0.365 e. The fraction of sp³-hybridized carbons (Fsp3) is 0.308. The van der Waals surface area contributed by atoms with Crippen LogP contribution in [0.2, 0.25) is 0 Å². The van der Waals surface area contributed by atoms with Crippen LogP contribution in [0.4, 0.5) is 5.00 Å². The molecule has 2 rings (SSSR count). The van der Waals surface area contributed by atoms with Crippen molar-refractivity contribution < 1.29 is 9.59 Å². The maximum atomic E-state index is 12.3. The van der Waals surface area contributed by atoms with Crippen molar-refractivity contribution in [1.82, 2.24) is 9.78 Å². The molecule has 21 heavy (non-hydrogen) atoms. The molecule has 0 aliphatic heterocycles. The van der Waals surface area contributed by atoms with Gasteiger partial charge in [0.1, 0.15) is 5.00 Å². The fourth-order valence-electron chi connectivity index (χ4n) is 1.90. The van der Waals surface area contributed by atoms with E-state index < -0.39 is 5.91 Å². The van der Waals surface area contributed by atoms with Crippen LogP contribution < -0.4 is 11.1 Å². The van der Waals surface area contributed by atoms with Crippen molar-refractivity contribution in [2.75, 3.05) is 5.32 Å². The van der Waals surface area contributed by atoms with Crippen molar-refractivity contribution in [3.05, 3.63) is 31.9 Å². The van der Waals surface area contributed by atoms with Crippen LogP contribution in [0.25, 0.3) is 0 Å². The third kappa shape index (κ3) is 2.73. The summed E-state index contributed by atoms with van der Waals surface area (Å²) in [4.78, 5) is 24.8. The van der Waals surface area contributed by atoms with E-state index in [0.29, 0.717) is 15.0 Å². The van der Waals surface area contributed by atoms with E-state index in [0.717, 1.165) is 16.1 Å². The molecule has 0 fully saturated rings. The van der Waals surface area contributed by atoms with Crippen LogP contribution in [0.3, 0.4) is 0 Å². The second-order valence-electron chi connectivity index (χ2n) is 4.68. The molecule has 2 amide bonds. The van der Waals surface area contributed by atoms with E-state index in [1.165, 1.54) is 11.3 Å². The Morgan fingerprint density at radius 3 is 2.43 bits per heavy atom. The van der Waals surface area contributed by atoms with Gasteiger partial charge in [-0.15, -0.1) is 11.3 Å². The average molecular weight is 371 g/mol. The number of nitrogens with one attached hydrogen (secondary N) is 1. The lowest BCUT2D eigenvalue weighted by Crippen LogP contribution is -2.18. The van der Waals surface area contributed by atoms with Gasteiger partial charge in [-0.25, -0.2) is 0 Å². The first kappa shape index (κ1) is 15.7. The number of primary amides is 1. The quantitative estimate of drug-likeness (QED) is 0.869. The first-order valence-corrected chi connectivity index (χ1v) is 7.75. The Bertz CT molecular complexity index is 748. The Kier molecular flexibility index (Phi) is 4.20. The van der Waals surface area contributed by atoms with Crippen LogP contribution in [0.15, 0.2) is 4.47 Å². The van der Waals surface area contributed by atoms with Gasteiger partial charge in [-0.3, -0.25) is 14.3 Å². The molecule has 0 saturated carbocycles. The summed E-state index contributed by atoms with van der Waals surface area (Å²) < 4.78 is 2.24. The standard InChI is InChI=1S/C13H15BrN4O2S/c1-5-7(3)21-13(8(5)11(15)19)16-12(20)10-9(14)6(2)18(4)17-10/h1-4H3,(H2,15,19)(H,16,20).